The molecule has 0 spiro atoms. The molecule has 0 saturated carbocycles. The third-order valence-electron chi connectivity index (χ3n) is 0.836. The topological polar surface area (TPSA) is 83.2 Å². The molecule has 10 heavy (non-hydrogen) atoms. The minimum atomic E-state index is -1.21. The summed E-state index contributed by atoms with van der Waals surface area (Å²) >= 11 is 0. The van der Waals surface area contributed by atoms with E-state index in [1.54, 1.807) is 0 Å². The van der Waals surface area contributed by atoms with E-state index in [1.807, 2.05) is 0 Å². The van der Waals surface area contributed by atoms with E-state index in [0.717, 1.165) is 0 Å². The van der Waals surface area contributed by atoms with Gasteiger partial charge in [0.25, 0.3) is 0 Å². The van der Waals surface area contributed by atoms with Crippen LogP contribution in [0.4, 0.5) is 0 Å². The van der Waals surface area contributed by atoms with E-state index >= 15 is 0 Å². The molecule has 0 aliphatic carbocycles. The van der Waals surface area contributed by atoms with E-state index in [2.05, 4.69) is 0 Å². The van der Waals surface area contributed by atoms with Crippen LogP contribution >= 0.6 is 0 Å². The first-order valence-corrected chi connectivity index (χ1v) is 2.58. The summed E-state index contributed by atoms with van der Waals surface area (Å²) in [5.41, 5.74) is 4.90. The summed E-state index contributed by atoms with van der Waals surface area (Å²) in [6, 6.07) is 0. The van der Waals surface area contributed by atoms with Gasteiger partial charge in [0, 0.05) is 12.4 Å². The largest absolute Gasteiger partial charge is 1.00 e. The molecular formula is C5H8NNaO3. The van der Waals surface area contributed by atoms with E-state index in [-0.39, 0.29) is 54.7 Å². The third-order valence-corrected chi connectivity index (χ3v) is 0.836. The molecule has 0 unspecified atom stereocenters. The van der Waals surface area contributed by atoms with Gasteiger partial charge in [-0.1, -0.05) is 0 Å². The number of aliphatic carboxylic acids is 1. The molecule has 0 fully saturated rings. The van der Waals surface area contributed by atoms with Gasteiger partial charge in [-0.15, -0.1) is 0 Å². The van der Waals surface area contributed by atoms with Crippen LogP contribution < -0.4 is 40.4 Å². The predicted octanol–water partition coefficient (Wildman–Crippen LogP) is -4.95. The van der Waals surface area contributed by atoms with Crippen molar-refractivity contribution in [2.75, 3.05) is 6.54 Å². The first-order chi connectivity index (χ1) is 4.16. The fraction of sp³-hybridized carbons (Fsp3) is 0.600. The molecule has 5 heteroatoms. The van der Waals surface area contributed by atoms with Crippen LogP contribution in [0.15, 0.2) is 0 Å². The Morgan fingerprint density at radius 2 is 1.80 bits per heavy atom. The Morgan fingerprint density at radius 1 is 1.30 bits per heavy atom. The van der Waals surface area contributed by atoms with Crippen molar-refractivity contribution in [1.82, 2.24) is 0 Å². The van der Waals surface area contributed by atoms with E-state index in [1.165, 1.54) is 0 Å². The second kappa shape index (κ2) is 7.21. The maximum Gasteiger partial charge on any atom is 1.00 e. The van der Waals surface area contributed by atoms with E-state index in [0.29, 0.717) is 0 Å². The summed E-state index contributed by atoms with van der Waals surface area (Å²) in [6.07, 6.45) is -0.241. The summed E-state index contributed by atoms with van der Waals surface area (Å²) in [6.45, 7) is -0.0900. The fourth-order valence-electron chi connectivity index (χ4n) is 0.344. The molecule has 52 valence electrons. The number of nitrogens with two attached hydrogens (primary N) is 1. The maximum absolute atomic E-state index is 10.3. The van der Waals surface area contributed by atoms with Crippen LogP contribution in [0.25, 0.3) is 0 Å². The molecule has 0 radical (unpaired) electrons. The van der Waals surface area contributed by atoms with Crippen molar-refractivity contribution in [3.63, 3.8) is 0 Å². The molecule has 0 aliphatic rings. The Kier molecular flexibility index (Phi) is 9.19. The van der Waals surface area contributed by atoms with E-state index in [9.17, 15) is 14.7 Å². The second-order valence-electron chi connectivity index (χ2n) is 1.61. The van der Waals surface area contributed by atoms with Crippen LogP contribution in [-0.2, 0) is 9.59 Å². The van der Waals surface area contributed by atoms with Crippen LogP contribution in [0.2, 0.25) is 0 Å². The number of carboxylic acid groups (broad SMARTS) is 1. The van der Waals surface area contributed by atoms with Crippen molar-refractivity contribution in [2.45, 2.75) is 12.8 Å². The van der Waals surface area contributed by atoms with Crippen LogP contribution in [0.1, 0.15) is 12.8 Å². The molecule has 0 heterocycles. The number of ketones is 1. The van der Waals surface area contributed by atoms with Gasteiger partial charge < -0.3 is 15.6 Å². The van der Waals surface area contributed by atoms with Crippen LogP contribution in [0, 0.1) is 0 Å². The van der Waals surface area contributed by atoms with Crippen molar-refractivity contribution >= 4 is 11.8 Å². The number of hydrogen-bond donors (Lipinski definition) is 1. The Hall–Kier alpha value is 0.100. The first-order valence-electron chi connectivity index (χ1n) is 2.58. The minimum Gasteiger partial charge on any atom is -0.550 e. The van der Waals surface area contributed by atoms with Gasteiger partial charge in [0.1, 0.15) is 5.78 Å². The summed E-state index contributed by atoms with van der Waals surface area (Å²) in [7, 11) is 0. The number of Topliss-reactive ketones (excluding diaryl/α,β-unsaturated/α-hetero) is 1. The quantitative estimate of drug-likeness (QED) is 0.410. The molecule has 0 rings (SSSR count). The van der Waals surface area contributed by atoms with Gasteiger partial charge in [-0.2, -0.15) is 0 Å². The summed E-state index contributed by atoms with van der Waals surface area (Å²) < 4.78 is 0. The standard InChI is InChI=1S/C5H9NO3.Na/c6-3-4(7)1-2-5(8)9;/h1-3,6H2,(H,8,9);/q;+1/p-1. The first kappa shape index (κ1) is 12.7. The molecule has 0 amide bonds. The Morgan fingerprint density at radius 3 is 2.10 bits per heavy atom. The van der Waals surface area contributed by atoms with Crippen LogP contribution in [-0.4, -0.2) is 18.3 Å². The zero-order valence-electron chi connectivity index (χ0n) is 5.92. The minimum absolute atomic E-state index is 0. The maximum atomic E-state index is 10.3. The number of carboxylic acids is 1. The normalized spacial score (nSPS) is 8.10. The Labute approximate surface area is 81.1 Å². The molecule has 0 bridgehead atoms. The average molecular weight is 153 g/mol. The molecule has 0 aliphatic heterocycles. The fourth-order valence-corrected chi connectivity index (χ4v) is 0.344. The molecule has 0 saturated heterocycles. The summed E-state index contributed by atoms with van der Waals surface area (Å²) in [5, 5.41) is 9.72. The van der Waals surface area contributed by atoms with Gasteiger partial charge >= 0.3 is 29.6 Å². The van der Waals surface area contributed by atoms with Crippen LogP contribution in [0.3, 0.4) is 0 Å². The van der Waals surface area contributed by atoms with Crippen molar-refractivity contribution in [3.05, 3.63) is 0 Å². The molecular weight excluding hydrogens is 145 g/mol. The molecule has 2 N–H and O–H groups in total. The zero-order chi connectivity index (χ0) is 7.28. The SMILES string of the molecule is NCC(=O)CCC(=O)[O-].[Na+]. The molecule has 0 aromatic heterocycles. The van der Waals surface area contributed by atoms with Gasteiger partial charge in [-0.25, -0.2) is 0 Å². The van der Waals surface area contributed by atoms with Gasteiger partial charge in [0.15, 0.2) is 0 Å². The summed E-state index contributed by atoms with van der Waals surface area (Å²) in [5.74, 6) is -1.46. The number of rotatable bonds is 4. The third kappa shape index (κ3) is 8.10. The molecule has 0 aromatic rings. The monoisotopic (exact) mass is 153 g/mol. The average Bonchev–Trinajstić information content (AvgIpc) is 1.83. The van der Waals surface area contributed by atoms with E-state index in [4.69, 9.17) is 5.73 Å². The van der Waals surface area contributed by atoms with Gasteiger partial charge in [-0.05, 0) is 6.42 Å². The van der Waals surface area contributed by atoms with Crippen molar-refractivity contribution < 1.29 is 44.3 Å². The second-order valence-corrected chi connectivity index (χ2v) is 1.61. The Balaban J connectivity index is 0. The number of hydrogen-bond acceptors (Lipinski definition) is 4. The van der Waals surface area contributed by atoms with E-state index < -0.39 is 5.97 Å². The molecule has 4 nitrogen and oxygen atoms in total. The van der Waals surface area contributed by atoms with Gasteiger partial charge in [-0.3, -0.25) is 4.79 Å². The van der Waals surface area contributed by atoms with Crippen LogP contribution in [0.5, 0.6) is 0 Å². The number of carbonyl (C=O) groups excluding carboxylic acids is 2. The zero-order valence-corrected chi connectivity index (χ0v) is 7.92. The molecule has 0 aromatic carbocycles. The summed E-state index contributed by atoms with van der Waals surface area (Å²) in [4.78, 5) is 20.0. The smallest absolute Gasteiger partial charge is 0.550 e. The molecule has 0 atom stereocenters. The predicted molar refractivity (Wildman–Crippen MR) is 28.3 cm³/mol. The van der Waals surface area contributed by atoms with Crippen molar-refractivity contribution in [2.24, 2.45) is 5.73 Å². The van der Waals surface area contributed by atoms with Crippen molar-refractivity contribution in [1.29, 1.82) is 0 Å². The van der Waals surface area contributed by atoms with Crippen molar-refractivity contribution in [3.8, 4) is 0 Å². The van der Waals surface area contributed by atoms with Gasteiger partial charge in [0.2, 0.25) is 0 Å². The van der Waals surface area contributed by atoms with Gasteiger partial charge in [0.05, 0.1) is 6.54 Å². The Bertz CT molecular complexity index is 126. The number of carbonyl (C=O) groups is 2.